The summed E-state index contributed by atoms with van der Waals surface area (Å²) in [4.78, 5) is 12.3. The van der Waals surface area contributed by atoms with Crippen LogP contribution in [0, 0.1) is 0 Å². The Morgan fingerprint density at radius 1 is 1.35 bits per heavy atom. The van der Waals surface area contributed by atoms with Crippen molar-refractivity contribution in [1.82, 2.24) is 15.1 Å². The number of nitrogens with one attached hydrogen (secondary N) is 1. The van der Waals surface area contributed by atoms with Gasteiger partial charge in [-0.1, -0.05) is 34.1 Å². The Labute approximate surface area is 126 Å². The number of nitrogens with zero attached hydrogens (tertiary/aromatic N) is 2. The second-order valence-electron chi connectivity index (χ2n) is 5.23. The molecular weight excluding hydrogens is 318 g/mol. The molecule has 1 fully saturated rings. The third-order valence-corrected chi connectivity index (χ3v) is 4.88. The van der Waals surface area contributed by atoms with Crippen LogP contribution in [0.25, 0.3) is 5.69 Å². The van der Waals surface area contributed by atoms with Crippen LogP contribution in [0.15, 0.2) is 42.7 Å². The fourth-order valence-corrected chi connectivity index (χ4v) is 3.07. The van der Waals surface area contributed by atoms with E-state index in [1.54, 1.807) is 17.1 Å². The minimum atomic E-state index is -0.0636. The van der Waals surface area contributed by atoms with Gasteiger partial charge in [-0.3, -0.25) is 4.79 Å². The van der Waals surface area contributed by atoms with Crippen molar-refractivity contribution in [2.75, 3.05) is 5.33 Å². The first-order valence-corrected chi connectivity index (χ1v) is 7.83. The van der Waals surface area contributed by atoms with Gasteiger partial charge in [0, 0.05) is 11.5 Å². The van der Waals surface area contributed by atoms with Crippen molar-refractivity contribution in [3.05, 3.63) is 48.3 Å². The van der Waals surface area contributed by atoms with Crippen LogP contribution >= 0.6 is 15.9 Å². The summed E-state index contributed by atoms with van der Waals surface area (Å²) in [7, 11) is 0. The van der Waals surface area contributed by atoms with Gasteiger partial charge < -0.3 is 5.32 Å². The van der Waals surface area contributed by atoms with Crippen molar-refractivity contribution in [3.63, 3.8) is 0 Å². The second-order valence-corrected chi connectivity index (χ2v) is 5.79. The number of carbonyl (C=O) groups excluding carboxylic acids is 1. The Bertz CT molecular complexity index is 599. The molecule has 20 heavy (non-hydrogen) atoms. The number of benzene rings is 1. The van der Waals surface area contributed by atoms with Crippen molar-refractivity contribution in [3.8, 4) is 5.69 Å². The third-order valence-electron chi connectivity index (χ3n) is 3.81. The molecule has 2 aromatic rings. The molecule has 0 aliphatic heterocycles. The molecule has 1 heterocycles. The van der Waals surface area contributed by atoms with Gasteiger partial charge in [-0.05, 0) is 31.4 Å². The average molecular weight is 334 g/mol. The lowest BCUT2D eigenvalue weighted by Crippen LogP contribution is -2.54. The van der Waals surface area contributed by atoms with Crippen molar-refractivity contribution in [2.45, 2.75) is 24.8 Å². The van der Waals surface area contributed by atoms with E-state index in [-0.39, 0.29) is 11.4 Å². The van der Waals surface area contributed by atoms with E-state index in [1.165, 1.54) is 6.42 Å². The van der Waals surface area contributed by atoms with Gasteiger partial charge in [0.15, 0.2) is 0 Å². The van der Waals surface area contributed by atoms with Gasteiger partial charge in [-0.2, -0.15) is 5.10 Å². The van der Waals surface area contributed by atoms with E-state index in [0.29, 0.717) is 5.56 Å². The molecule has 1 aromatic heterocycles. The Hall–Kier alpha value is -1.62. The third kappa shape index (κ3) is 2.50. The first kappa shape index (κ1) is 13.4. The van der Waals surface area contributed by atoms with Crippen molar-refractivity contribution in [1.29, 1.82) is 0 Å². The molecule has 5 heteroatoms. The number of rotatable bonds is 4. The number of hydrogen-bond acceptors (Lipinski definition) is 2. The molecule has 1 N–H and O–H groups in total. The molecule has 1 aliphatic rings. The van der Waals surface area contributed by atoms with E-state index in [9.17, 15) is 4.79 Å². The summed E-state index contributed by atoms with van der Waals surface area (Å²) in [6, 6.07) is 9.77. The van der Waals surface area contributed by atoms with E-state index in [0.717, 1.165) is 23.9 Å². The van der Waals surface area contributed by atoms with Crippen LogP contribution in [0.4, 0.5) is 0 Å². The van der Waals surface area contributed by atoms with Crippen LogP contribution in [0.2, 0.25) is 0 Å². The SMILES string of the molecule is O=C(NC1(CBr)CCC1)c1cnn(-c2ccccc2)c1. The lowest BCUT2D eigenvalue weighted by atomic mass is 9.78. The molecule has 1 aliphatic carbocycles. The van der Waals surface area contributed by atoms with Crippen LogP contribution in [0.1, 0.15) is 29.6 Å². The number of para-hydroxylation sites is 1. The van der Waals surface area contributed by atoms with E-state index in [4.69, 9.17) is 0 Å². The largest absolute Gasteiger partial charge is 0.346 e. The molecule has 0 bridgehead atoms. The summed E-state index contributed by atoms with van der Waals surface area (Å²) in [5.41, 5.74) is 1.48. The normalized spacial score (nSPS) is 16.4. The Kier molecular flexibility index (Phi) is 3.61. The van der Waals surface area contributed by atoms with Gasteiger partial charge in [0.2, 0.25) is 0 Å². The molecule has 0 unspecified atom stereocenters. The molecule has 1 aromatic carbocycles. The number of halogens is 1. The van der Waals surface area contributed by atoms with E-state index in [1.807, 2.05) is 30.3 Å². The zero-order valence-electron chi connectivity index (χ0n) is 11.1. The molecule has 104 valence electrons. The van der Waals surface area contributed by atoms with Gasteiger partial charge in [-0.15, -0.1) is 0 Å². The first-order chi connectivity index (χ1) is 9.72. The molecular formula is C15H16BrN3O. The molecule has 1 amide bonds. The average Bonchev–Trinajstić information content (AvgIpc) is 2.93. The van der Waals surface area contributed by atoms with Gasteiger partial charge in [0.25, 0.3) is 5.91 Å². The first-order valence-electron chi connectivity index (χ1n) is 6.71. The molecule has 1 saturated carbocycles. The summed E-state index contributed by atoms with van der Waals surface area (Å²) in [6.07, 6.45) is 6.64. The number of carbonyl (C=O) groups is 1. The molecule has 0 radical (unpaired) electrons. The smallest absolute Gasteiger partial charge is 0.254 e. The minimum Gasteiger partial charge on any atom is -0.346 e. The fraction of sp³-hybridized carbons (Fsp3) is 0.333. The van der Waals surface area contributed by atoms with Gasteiger partial charge in [0.05, 0.1) is 23.0 Å². The maximum atomic E-state index is 12.3. The lowest BCUT2D eigenvalue weighted by molar-refractivity contribution is 0.0856. The summed E-state index contributed by atoms with van der Waals surface area (Å²) in [5, 5.41) is 8.18. The highest BCUT2D eigenvalue weighted by Crippen LogP contribution is 2.33. The predicted octanol–water partition coefficient (Wildman–Crippen LogP) is 2.92. The Morgan fingerprint density at radius 3 is 2.70 bits per heavy atom. The number of hydrogen-bond donors (Lipinski definition) is 1. The summed E-state index contributed by atoms with van der Waals surface area (Å²) in [5.74, 6) is -0.0497. The zero-order valence-corrected chi connectivity index (χ0v) is 12.6. The minimum absolute atomic E-state index is 0.0497. The Morgan fingerprint density at radius 2 is 2.10 bits per heavy atom. The summed E-state index contributed by atoms with van der Waals surface area (Å²) < 4.78 is 1.72. The van der Waals surface area contributed by atoms with Crippen LogP contribution in [0.5, 0.6) is 0 Å². The van der Waals surface area contributed by atoms with Crippen molar-refractivity contribution in [2.24, 2.45) is 0 Å². The van der Waals surface area contributed by atoms with Crippen LogP contribution in [0.3, 0.4) is 0 Å². The quantitative estimate of drug-likeness (QED) is 0.874. The molecule has 3 rings (SSSR count). The highest BCUT2D eigenvalue weighted by atomic mass is 79.9. The van der Waals surface area contributed by atoms with Crippen molar-refractivity contribution < 1.29 is 4.79 Å². The topological polar surface area (TPSA) is 46.9 Å². The number of alkyl halides is 1. The van der Waals surface area contributed by atoms with E-state index >= 15 is 0 Å². The number of aromatic nitrogens is 2. The van der Waals surface area contributed by atoms with E-state index in [2.05, 4.69) is 26.3 Å². The van der Waals surface area contributed by atoms with Gasteiger partial charge >= 0.3 is 0 Å². The number of amides is 1. The summed E-state index contributed by atoms with van der Waals surface area (Å²) in [6.45, 7) is 0. The highest BCUT2D eigenvalue weighted by molar-refractivity contribution is 9.09. The van der Waals surface area contributed by atoms with Crippen LogP contribution in [-0.4, -0.2) is 26.6 Å². The summed E-state index contributed by atoms with van der Waals surface area (Å²) >= 11 is 3.49. The molecule has 0 atom stereocenters. The molecule has 0 saturated heterocycles. The van der Waals surface area contributed by atoms with Crippen LogP contribution in [-0.2, 0) is 0 Å². The predicted molar refractivity (Wildman–Crippen MR) is 81.4 cm³/mol. The maximum Gasteiger partial charge on any atom is 0.254 e. The maximum absolute atomic E-state index is 12.3. The zero-order chi connectivity index (χ0) is 14.0. The van der Waals surface area contributed by atoms with E-state index < -0.39 is 0 Å². The monoisotopic (exact) mass is 333 g/mol. The molecule has 4 nitrogen and oxygen atoms in total. The Balaban J connectivity index is 1.75. The van der Waals surface area contributed by atoms with Crippen LogP contribution < -0.4 is 5.32 Å². The standard InChI is InChI=1S/C15H16BrN3O/c16-11-15(7-4-8-15)18-14(20)12-9-17-19(10-12)13-5-2-1-3-6-13/h1-3,5-6,9-10H,4,7-8,11H2,(H,18,20). The lowest BCUT2D eigenvalue weighted by Gasteiger charge is -2.41. The molecule has 0 spiro atoms. The van der Waals surface area contributed by atoms with Crippen molar-refractivity contribution >= 4 is 21.8 Å². The van der Waals surface area contributed by atoms with Gasteiger partial charge in [-0.25, -0.2) is 4.68 Å². The fourth-order valence-electron chi connectivity index (χ4n) is 2.37. The second kappa shape index (κ2) is 5.40. The van der Waals surface area contributed by atoms with Gasteiger partial charge in [0.1, 0.15) is 0 Å². The highest BCUT2D eigenvalue weighted by Gasteiger charge is 2.37.